The van der Waals surface area contributed by atoms with Gasteiger partial charge in [-0.2, -0.15) is 0 Å². The normalized spacial score (nSPS) is 20.0. The maximum atomic E-state index is 9.80. The number of aliphatic hydroxyl groups is 1. The van der Waals surface area contributed by atoms with Crippen LogP contribution in [0.15, 0.2) is 54.9 Å². The third-order valence-corrected chi connectivity index (χ3v) is 4.76. The Morgan fingerprint density at radius 1 is 1.00 bits per heavy atom. The SMILES string of the molecule is OC1CCC(c2nc(COc3ccccc3)nn2-c2ccncc2)CC1. The molecule has 1 fully saturated rings. The molecular formula is C20H22N4O2. The Balaban J connectivity index is 1.59. The van der Waals surface area contributed by atoms with Gasteiger partial charge in [0.05, 0.1) is 11.8 Å². The van der Waals surface area contributed by atoms with E-state index < -0.39 is 0 Å². The molecule has 26 heavy (non-hydrogen) atoms. The van der Waals surface area contributed by atoms with Crippen LogP contribution in [0, 0.1) is 0 Å². The van der Waals surface area contributed by atoms with Gasteiger partial charge >= 0.3 is 0 Å². The first-order valence-corrected chi connectivity index (χ1v) is 9.02. The lowest BCUT2D eigenvalue weighted by molar-refractivity contribution is 0.121. The Morgan fingerprint density at radius 2 is 1.73 bits per heavy atom. The predicted molar refractivity (Wildman–Crippen MR) is 97.1 cm³/mol. The van der Waals surface area contributed by atoms with Crippen molar-refractivity contribution in [1.82, 2.24) is 19.7 Å². The summed E-state index contributed by atoms with van der Waals surface area (Å²) in [5.74, 6) is 2.70. The van der Waals surface area contributed by atoms with E-state index in [4.69, 9.17) is 9.72 Å². The van der Waals surface area contributed by atoms with E-state index in [9.17, 15) is 5.11 Å². The van der Waals surface area contributed by atoms with Crippen LogP contribution in [0.4, 0.5) is 0 Å². The number of hydrogen-bond donors (Lipinski definition) is 1. The fraction of sp³-hybridized carbons (Fsp3) is 0.350. The maximum Gasteiger partial charge on any atom is 0.188 e. The Bertz CT molecular complexity index is 828. The Hall–Kier alpha value is -2.73. The second-order valence-corrected chi connectivity index (χ2v) is 6.61. The molecule has 3 aromatic rings. The van der Waals surface area contributed by atoms with E-state index in [2.05, 4.69) is 10.1 Å². The van der Waals surface area contributed by atoms with E-state index in [0.29, 0.717) is 18.3 Å². The van der Waals surface area contributed by atoms with Gasteiger partial charge in [0, 0.05) is 18.3 Å². The summed E-state index contributed by atoms with van der Waals surface area (Å²) >= 11 is 0. The standard InChI is InChI=1S/C20H22N4O2/c25-17-8-6-15(7-9-17)20-22-19(14-26-18-4-2-1-3-5-18)23-24(20)16-10-12-21-13-11-16/h1-5,10-13,15,17,25H,6-9,14H2. The highest BCUT2D eigenvalue weighted by Crippen LogP contribution is 2.33. The number of hydrogen-bond acceptors (Lipinski definition) is 5. The number of para-hydroxylation sites is 1. The number of pyridine rings is 1. The van der Waals surface area contributed by atoms with E-state index in [1.807, 2.05) is 47.1 Å². The molecule has 0 bridgehead atoms. The molecule has 0 atom stereocenters. The number of ether oxygens (including phenoxy) is 1. The summed E-state index contributed by atoms with van der Waals surface area (Å²) in [6.07, 6.45) is 6.78. The van der Waals surface area contributed by atoms with E-state index in [0.717, 1.165) is 42.9 Å². The summed E-state index contributed by atoms with van der Waals surface area (Å²) in [6, 6.07) is 13.5. The van der Waals surface area contributed by atoms with Crippen molar-refractivity contribution in [1.29, 1.82) is 0 Å². The van der Waals surface area contributed by atoms with Crippen LogP contribution in [0.5, 0.6) is 5.75 Å². The molecule has 2 aromatic heterocycles. The van der Waals surface area contributed by atoms with Crippen molar-refractivity contribution in [3.8, 4) is 11.4 Å². The van der Waals surface area contributed by atoms with Crippen molar-refractivity contribution in [3.63, 3.8) is 0 Å². The lowest BCUT2D eigenvalue weighted by Gasteiger charge is -2.24. The molecule has 4 rings (SSSR count). The summed E-state index contributed by atoms with van der Waals surface area (Å²) < 4.78 is 7.71. The molecule has 0 spiro atoms. The minimum Gasteiger partial charge on any atom is -0.486 e. The van der Waals surface area contributed by atoms with E-state index in [1.54, 1.807) is 12.4 Å². The van der Waals surface area contributed by atoms with Crippen molar-refractivity contribution in [2.45, 2.75) is 44.3 Å². The fourth-order valence-electron chi connectivity index (χ4n) is 3.37. The van der Waals surface area contributed by atoms with Gasteiger partial charge in [0.15, 0.2) is 5.82 Å². The molecule has 1 saturated carbocycles. The van der Waals surface area contributed by atoms with Gasteiger partial charge in [-0.05, 0) is 49.9 Å². The third kappa shape index (κ3) is 3.75. The van der Waals surface area contributed by atoms with Gasteiger partial charge in [-0.15, -0.1) is 5.10 Å². The molecule has 0 radical (unpaired) electrons. The minimum absolute atomic E-state index is 0.190. The zero-order chi connectivity index (χ0) is 17.8. The number of aliphatic hydroxyl groups excluding tert-OH is 1. The summed E-state index contributed by atoms with van der Waals surface area (Å²) in [5, 5.41) is 14.5. The highest BCUT2D eigenvalue weighted by Gasteiger charge is 2.26. The van der Waals surface area contributed by atoms with Crippen LogP contribution in [-0.2, 0) is 6.61 Å². The van der Waals surface area contributed by atoms with Crippen molar-refractivity contribution in [2.24, 2.45) is 0 Å². The molecule has 0 unspecified atom stereocenters. The highest BCUT2D eigenvalue weighted by atomic mass is 16.5. The maximum absolute atomic E-state index is 9.80. The average Bonchev–Trinajstić information content (AvgIpc) is 3.13. The molecule has 6 nitrogen and oxygen atoms in total. The van der Waals surface area contributed by atoms with E-state index in [-0.39, 0.29) is 6.10 Å². The summed E-state index contributed by atoms with van der Waals surface area (Å²) in [6.45, 7) is 0.324. The average molecular weight is 350 g/mol. The molecule has 0 amide bonds. The van der Waals surface area contributed by atoms with Crippen molar-refractivity contribution >= 4 is 0 Å². The van der Waals surface area contributed by atoms with Gasteiger partial charge in [-0.1, -0.05) is 18.2 Å². The highest BCUT2D eigenvalue weighted by molar-refractivity contribution is 5.30. The van der Waals surface area contributed by atoms with Crippen LogP contribution in [0.1, 0.15) is 43.3 Å². The zero-order valence-corrected chi connectivity index (χ0v) is 14.5. The van der Waals surface area contributed by atoms with Crippen LogP contribution in [0.25, 0.3) is 5.69 Å². The van der Waals surface area contributed by atoms with E-state index >= 15 is 0 Å². The summed E-state index contributed by atoms with van der Waals surface area (Å²) in [5.41, 5.74) is 0.944. The van der Waals surface area contributed by atoms with Crippen molar-refractivity contribution < 1.29 is 9.84 Å². The first kappa shape index (κ1) is 16.7. The molecule has 1 N–H and O–H groups in total. The second kappa shape index (κ2) is 7.66. The Morgan fingerprint density at radius 3 is 2.46 bits per heavy atom. The van der Waals surface area contributed by atoms with Gasteiger partial charge < -0.3 is 9.84 Å². The van der Waals surface area contributed by atoms with E-state index in [1.165, 1.54) is 0 Å². The largest absolute Gasteiger partial charge is 0.486 e. The molecule has 1 aliphatic rings. The van der Waals surface area contributed by atoms with Crippen LogP contribution in [0.3, 0.4) is 0 Å². The summed E-state index contributed by atoms with van der Waals surface area (Å²) in [4.78, 5) is 8.86. The molecule has 2 heterocycles. The number of rotatable bonds is 5. The third-order valence-electron chi connectivity index (χ3n) is 4.76. The van der Waals surface area contributed by atoms with Gasteiger partial charge in [-0.3, -0.25) is 4.98 Å². The zero-order valence-electron chi connectivity index (χ0n) is 14.5. The van der Waals surface area contributed by atoms with Crippen LogP contribution in [-0.4, -0.2) is 31.0 Å². The van der Waals surface area contributed by atoms with Crippen molar-refractivity contribution in [3.05, 3.63) is 66.5 Å². The lowest BCUT2D eigenvalue weighted by Crippen LogP contribution is -2.19. The number of benzene rings is 1. The smallest absolute Gasteiger partial charge is 0.188 e. The second-order valence-electron chi connectivity index (χ2n) is 6.61. The monoisotopic (exact) mass is 350 g/mol. The minimum atomic E-state index is -0.190. The Kier molecular flexibility index (Phi) is 4.93. The fourth-order valence-corrected chi connectivity index (χ4v) is 3.37. The molecule has 134 valence electrons. The number of aromatic nitrogens is 4. The first-order valence-electron chi connectivity index (χ1n) is 9.02. The topological polar surface area (TPSA) is 73.1 Å². The van der Waals surface area contributed by atoms with Gasteiger partial charge in [0.2, 0.25) is 0 Å². The lowest BCUT2D eigenvalue weighted by atomic mass is 9.87. The molecule has 0 saturated heterocycles. The molecule has 1 aromatic carbocycles. The van der Waals surface area contributed by atoms with Crippen LogP contribution >= 0.6 is 0 Å². The van der Waals surface area contributed by atoms with Gasteiger partial charge in [0.1, 0.15) is 18.2 Å². The molecular weight excluding hydrogens is 328 g/mol. The van der Waals surface area contributed by atoms with Gasteiger partial charge in [0.25, 0.3) is 0 Å². The van der Waals surface area contributed by atoms with Crippen LogP contribution in [0.2, 0.25) is 0 Å². The van der Waals surface area contributed by atoms with Crippen LogP contribution < -0.4 is 4.74 Å². The predicted octanol–water partition coefficient (Wildman–Crippen LogP) is 3.26. The number of nitrogens with zero attached hydrogens (tertiary/aromatic N) is 4. The summed E-state index contributed by atoms with van der Waals surface area (Å²) in [7, 11) is 0. The molecule has 6 heteroatoms. The first-order chi connectivity index (χ1) is 12.8. The molecule has 1 aliphatic carbocycles. The molecule has 0 aliphatic heterocycles. The Labute approximate surface area is 152 Å². The van der Waals surface area contributed by atoms with Gasteiger partial charge in [-0.25, -0.2) is 9.67 Å². The van der Waals surface area contributed by atoms with Crippen molar-refractivity contribution in [2.75, 3.05) is 0 Å². The quantitative estimate of drug-likeness (QED) is 0.764.